The Balaban J connectivity index is 2.24. The fourth-order valence-corrected chi connectivity index (χ4v) is 1.86. The lowest BCUT2D eigenvalue weighted by atomic mass is 10.1. The Labute approximate surface area is 118 Å². The lowest BCUT2D eigenvalue weighted by Gasteiger charge is -2.09. The maximum absolute atomic E-state index is 13.1. The number of nitrogens with one attached hydrogen (secondary N) is 1. The van der Waals surface area contributed by atoms with Gasteiger partial charge in [0.15, 0.2) is 17.5 Å². The quantitative estimate of drug-likeness (QED) is 0.528. The number of nitrogens with zero attached hydrogens (tertiary/aromatic N) is 1. The Morgan fingerprint density at radius 2 is 1.76 bits per heavy atom. The van der Waals surface area contributed by atoms with Gasteiger partial charge in [-0.15, -0.1) is 0 Å². The smallest absolute Gasteiger partial charge is 0.292 e. The van der Waals surface area contributed by atoms with Gasteiger partial charge in [-0.05, 0) is 36.2 Å². The molecule has 2 aromatic carbocycles. The highest BCUT2D eigenvalue weighted by molar-refractivity contribution is 5.62. The zero-order valence-corrected chi connectivity index (χ0v) is 11.0. The highest BCUT2D eigenvalue weighted by atomic mass is 19.2. The van der Waals surface area contributed by atoms with E-state index in [0.29, 0.717) is 0 Å². The van der Waals surface area contributed by atoms with Crippen molar-refractivity contribution < 1.29 is 18.1 Å². The number of rotatable bonds is 4. The number of nitro groups is 1. The molecule has 0 aliphatic carbocycles. The van der Waals surface area contributed by atoms with E-state index < -0.39 is 22.4 Å². The molecule has 0 bridgehead atoms. The monoisotopic (exact) mass is 296 g/mol. The van der Waals surface area contributed by atoms with Gasteiger partial charge in [0.1, 0.15) is 5.69 Å². The summed E-state index contributed by atoms with van der Waals surface area (Å²) in [7, 11) is 0. The Kier molecular flexibility index (Phi) is 4.11. The van der Waals surface area contributed by atoms with Crippen molar-refractivity contribution in [3.8, 4) is 0 Å². The van der Waals surface area contributed by atoms with Gasteiger partial charge in [-0.2, -0.15) is 0 Å². The zero-order valence-electron chi connectivity index (χ0n) is 11.0. The Morgan fingerprint density at radius 3 is 2.33 bits per heavy atom. The van der Waals surface area contributed by atoms with E-state index in [1.807, 2.05) is 0 Å². The SMILES string of the molecule is Cc1ccc([N+](=O)[O-])c(NCc2cc(F)c(F)c(F)c2)c1. The van der Waals surface area contributed by atoms with Crippen LogP contribution in [-0.4, -0.2) is 4.92 Å². The van der Waals surface area contributed by atoms with Gasteiger partial charge < -0.3 is 5.32 Å². The van der Waals surface area contributed by atoms with Gasteiger partial charge >= 0.3 is 0 Å². The molecule has 0 heterocycles. The van der Waals surface area contributed by atoms with Crippen molar-refractivity contribution in [3.05, 3.63) is 69.0 Å². The van der Waals surface area contributed by atoms with Crippen LogP contribution < -0.4 is 5.32 Å². The minimum atomic E-state index is -1.54. The number of nitro benzene ring substituents is 1. The van der Waals surface area contributed by atoms with Crippen molar-refractivity contribution in [2.24, 2.45) is 0 Å². The summed E-state index contributed by atoms with van der Waals surface area (Å²) in [5, 5.41) is 13.6. The minimum absolute atomic E-state index is 0.0710. The number of halogens is 3. The molecule has 0 aliphatic rings. The fourth-order valence-electron chi connectivity index (χ4n) is 1.86. The molecule has 1 N–H and O–H groups in total. The van der Waals surface area contributed by atoms with Crippen LogP contribution in [-0.2, 0) is 6.54 Å². The molecule has 21 heavy (non-hydrogen) atoms. The first-order chi connectivity index (χ1) is 9.88. The molecule has 0 aromatic heterocycles. The molecule has 0 atom stereocenters. The molecule has 0 amide bonds. The van der Waals surface area contributed by atoms with Crippen LogP contribution in [0.5, 0.6) is 0 Å². The summed E-state index contributed by atoms with van der Waals surface area (Å²) >= 11 is 0. The average Bonchev–Trinajstić information content (AvgIpc) is 2.42. The molecule has 4 nitrogen and oxygen atoms in total. The standard InChI is InChI=1S/C14H11F3N2O2/c1-8-2-3-13(19(20)21)12(4-8)18-7-9-5-10(15)14(17)11(16)6-9/h2-6,18H,7H2,1H3. The van der Waals surface area contributed by atoms with Gasteiger partial charge in [-0.25, -0.2) is 13.2 Å². The van der Waals surface area contributed by atoms with Gasteiger partial charge in [0.05, 0.1) is 4.92 Å². The highest BCUT2D eigenvalue weighted by Crippen LogP contribution is 2.26. The van der Waals surface area contributed by atoms with E-state index in [-0.39, 0.29) is 23.5 Å². The molecule has 2 rings (SSSR count). The van der Waals surface area contributed by atoms with Crippen molar-refractivity contribution in [1.82, 2.24) is 0 Å². The average molecular weight is 296 g/mol. The molecule has 2 aromatic rings. The van der Waals surface area contributed by atoms with Gasteiger partial charge in [-0.3, -0.25) is 10.1 Å². The van der Waals surface area contributed by atoms with Crippen LogP contribution in [0.25, 0.3) is 0 Å². The second-order valence-electron chi connectivity index (χ2n) is 4.50. The van der Waals surface area contributed by atoms with Crippen molar-refractivity contribution in [2.75, 3.05) is 5.32 Å². The molecule has 0 saturated heterocycles. The van der Waals surface area contributed by atoms with Crippen LogP contribution in [0.1, 0.15) is 11.1 Å². The molecule has 0 spiro atoms. The van der Waals surface area contributed by atoms with Crippen LogP contribution >= 0.6 is 0 Å². The van der Waals surface area contributed by atoms with E-state index in [1.54, 1.807) is 19.1 Å². The van der Waals surface area contributed by atoms with E-state index in [4.69, 9.17) is 0 Å². The molecule has 0 saturated carbocycles. The summed E-state index contributed by atoms with van der Waals surface area (Å²) < 4.78 is 39.0. The molecular formula is C14H11F3N2O2. The fraction of sp³-hybridized carbons (Fsp3) is 0.143. The van der Waals surface area contributed by atoms with Crippen molar-refractivity contribution >= 4 is 11.4 Å². The number of benzene rings is 2. The lowest BCUT2D eigenvalue weighted by molar-refractivity contribution is -0.384. The first-order valence-corrected chi connectivity index (χ1v) is 6.01. The third kappa shape index (κ3) is 3.31. The number of hydrogen-bond donors (Lipinski definition) is 1. The Hall–Kier alpha value is -2.57. The van der Waals surface area contributed by atoms with Crippen LogP contribution in [0, 0.1) is 34.5 Å². The van der Waals surface area contributed by atoms with Crippen molar-refractivity contribution in [3.63, 3.8) is 0 Å². The second kappa shape index (κ2) is 5.82. The second-order valence-corrected chi connectivity index (χ2v) is 4.50. The van der Waals surface area contributed by atoms with Crippen LogP contribution in [0.3, 0.4) is 0 Å². The van der Waals surface area contributed by atoms with Crippen LogP contribution in [0.2, 0.25) is 0 Å². The summed E-state index contributed by atoms with van der Waals surface area (Å²) in [4.78, 5) is 10.3. The maximum atomic E-state index is 13.1. The van der Waals surface area contributed by atoms with E-state index in [1.165, 1.54) is 6.07 Å². The molecule has 0 radical (unpaired) electrons. The van der Waals surface area contributed by atoms with Gasteiger partial charge in [0.2, 0.25) is 0 Å². The summed E-state index contributed by atoms with van der Waals surface area (Å²) in [5.74, 6) is -4.14. The Bertz CT molecular complexity index is 682. The predicted octanol–water partition coefficient (Wildman–Crippen LogP) is 3.93. The Morgan fingerprint density at radius 1 is 1.14 bits per heavy atom. The van der Waals surface area contributed by atoms with E-state index in [2.05, 4.69) is 5.32 Å². The highest BCUT2D eigenvalue weighted by Gasteiger charge is 2.14. The van der Waals surface area contributed by atoms with E-state index in [9.17, 15) is 23.3 Å². The molecule has 0 unspecified atom stereocenters. The third-order valence-corrected chi connectivity index (χ3v) is 2.88. The summed E-state index contributed by atoms with van der Waals surface area (Å²) in [6.07, 6.45) is 0. The van der Waals surface area contributed by atoms with Gasteiger partial charge in [0, 0.05) is 12.6 Å². The summed E-state index contributed by atoms with van der Waals surface area (Å²) in [6.45, 7) is 1.69. The number of aryl methyl sites for hydroxylation is 1. The van der Waals surface area contributed by atoms with Crippen molar-refractivity contribution in [2.45, 2.75) is 13.5 Å². The predicted molar refractivity (Wildman–Crippen MR) is 71.5 cm³/mol. The first-order valence-electron chi connectivity index (χ1n) is 6.01. The maximum Gasteiger partial charge on any atom is 0.292 e. The minimum Gasteiger partial charge on any atom is -0.375 e. The first kappa shape index (κ1) is 14.8. The molecule has 7 heteroatoms. The van der Waals surface area contributed by atoms with Crippen LogP contribution in [0.4, 0.5) is 24.5 Å². The summed E-state index contributed by atoms with van der Waals surface area (Å²) in [5.41, 5.74) is 1.01. The zero-order chi connectivity index (χ0) is 15.6. The molecule has 0 aliphatic heterocycles. The largest absolute Gasteiger partial charge is 0.375 e. The summed E-state index contributed by atoms with van der Waals surface area (Å²) in [6, 6.07) is 6.15. The van der Waals surface area contributed by atoms with Gasteiger partial charge in [-0.1, -0.05) is 6.07 Å². The van der Waals surface area contributed by atoms with Crippen molar-refractivity contribution in [1.29, 1.82) is 0 Å². The molecular weight excluding hydrogens is 285 g/mol. The number of hydrogen-bond acceptors (Lipinski definition) is 3. The molecule has 110 valence electrons. The molecule has 0 fully saturated rings. The van der Waals surface area contributed by atoms with E-state index >= 15 is 0 Å². The van der Waals surface area contributed by atoms with Crippen LogP contribution in [0.15, 0.2) is 30.3 Å². The number of anilines is 1. The van der Waals surface area contributed by atoms with E-state index in [0.717, 1.165) is 17.7 Å². The lowest BCUT2D eigenvalue weighted by Crippen LogP contribution is -2.04. The van der Waals surface area contributed by atoms with Gasteiger partial charge in [0.25, 0.3) is 5.69 Å². The normalized spacial score (nSPS) is 10.5. The topological polar surface area (TPSA) is 55.2 Å². The third-order valence-electron chi connectivity index (χ3n) is 2.88.